The highest BCUT2D eigenvalue weighted by Gasteiger charge is 2.24. The number of nitro benzene ring substituents is 1. The lowest BCUT2D eigenvalue weighted by Crippen LogP contribution is -2.19. The fourth-order valence-corrected chi connectivity index (χ4v) is 3.86. The van der Waals surface area contributed by atoms with Crippen molar-refractivity contribution in [1.29, 1.82) is 0 Å². The number of thioether (sulfide) groups is 1. The largest absolute Gasteiger partial charge is 0.457 e. The van der Waals surface area contributed by atoms with E-state index in [0.717, 1.165) is 11.3 Å². The summed E-state index contributed by atoms with van der Waals surface area (Å²) in [5, 5.41) is 14.8. The molecule has 2 heterocycles. The molecule has 4 rings (SSSR count). The molecule has 0 bridgehead atoms. The molecule has 0 atom stereocenters. The van der Waals surface area contributed by atoms with E-state index in [2.05, 4.69) is 10.3 Å². The van der Waals surface area contributed by atoms with E-state index in [1.807, 2.05) is 6.92 Å². The molecule has 2 aromatic carbocycles. The molecule has 1 saturated heterocycles. The first-order valence-electron chi connectivity index (χ1n) is 8.79. The molecule has 0 spiro atoms. The molecule has 30 heavy (non-hydrogen) atoms. The summed E-state index contributed by atoms with van der Waals surface area (Å²) < 4.78 is 5.75. The molecule has 0 aliphatic carbocycles. The van der Waals surface area contributed by atoms with Crippen molar-refractivity contribution in [2.24, 2.45) is 4.99 Å². The summed E-state index contributed by atoms with van der Waals surface area (Å²) in [4.78, 5) is 27.7. The molecule has 1 aromatic heterocycles. The van der Waals surface area contributed by atoms with Crippen LogP contribution in [0.25, 0.3) is 17.4 Å². The molecule has 1 N–H and O–H groups in total. The highest BCUT2D eigenvalue weighted by atomic mass is 35.5. The maximum Gasteiger partial charge on any atom is 0.270 e. The second-order valence-corrected chi connectivity index (χ2v) is 7.89. The number of nitrogens with one attached hydrogen (secondary N) is 1. The number of amides is 1. The van der Waals surface area contributed by atoms with E-state index >= 15 is 0 Å². The van der Waals surface area contributed by atoms with Gasteiger partial charge < -0.3 is 9.73 Å². The zero-order valence-electron chi connectivity index (χ0n) is 15.6. The molecule has 0 unspecified atom stereocenters. The summed E-state index contributed by atoms with van der Waals surface area (Å²) in [5.41, 5.74) is 2.18. The van der Waals surface area contributed by atoms with Gasteiger partial charge in [0.25, 0.3) is 11.6 Å². The van der Waals surface area contributed by atoms with Crippen molar-refractivity contribution in [3.05, 3.63) is 86.0 Å². The van der Waals surface area contributed by atoms with Crippen molar-refractivity contribution in [2.75, 3.05) is 0 Å². The average Bonchev–Trinajstić information content (AvgIpc) is 3.31. The first-order chi connectivity index (χ1) is 14.4. The minimum Gasteiger partial charge on any atom is -0.457 e. The summed E-state index contributed by atoms with van der Waals surface area (Å²) >= 11 is 7.17. The Balaban J connectivity index is 1.56. The number of amidine groups is 1. The van der Waals surface area contributed by atoms with E-state index in [0.29, 0.717) is 32.2 Å². The van der Waals surface area contributed by atoms with Crippen LogP contribution in [0.5, 0.6) is 0 Å². The Bertz CT molecular complexity index is 1230. The van der Waals surface area contributed by atoms with Crippen molar-refractivity contribution >= 4 is 51.9 Å². The molecule has 1 aliphatic rings. The zero-order valence-corrected chi connectivity index (χ0v) is 17.2. The number of aryl methyl sites for hydroxylation is 1. The molecule has 1 amide bonds. The van der Waals surface area contributed by atoms with Crippen LogP contribution in [0.1, 0.15) is 11.3 Å². The van der Waals surface area contributed by atoms with Gasteiger partial charge in [-0.2, -0.15) is 0 Å². The maximum absolute atomic E-state index is 12.3. The van der Waals surface area contributed by atoms with Gasteiger partial charge in [-0.3, -0.25) is 14.9 Å². The first kappa shape index (κ1) is 19.9. The highest BCUT2D eigenvalue weighted by molar-refractivity contribution is 8.18. The van der Waals surface area contributed by atoms with Gasteiger partial charge in [0, 0.05) is 28.8 Å². The van der Waals surface area contributed by atoms with E-state index in [4.69, 9.17) is 16.0 Å². The Morgan fingerprint density at radius 2 is 2.03 bits per heavy atom. The number of hydrogen-bond acceptors (Lipinski definition) is 6. The summed E-state index contributed by atoms with van der Waals surface area (Å²) in [6, 6.07) is 14.9. The molecule has 150 valence electrons. The molecule has 1 fully saturated rings. The summed E-state index contributed by atoms with van der Waals surface area (Å²) in [5.74, 6) is 0.649. The predicted molar refractivity (Wildman–Crippen MR) is 118 cm³/mol. The first-order valence-corrected chi connectivity index (χ1v) is 9.99. The number of nitrogens with zero attached hydrogens (tertiary/aromatic N) is 2. The Morgan fingerprint density at radius 3 is 2.80 bits per heavy atom. The van der Waals surface area contributed by atoms with Crippen LogP contribution < -0.4 is 5.32 Å². The van der Waals surface area contributed by atoms with Crippen LogP contribution in [0.4, 0.5) is 11.4 Å². The Labute approximate surface area is 180 Å². The number of carbonyl (C=O) groups is 1. The second kappa shape index (κ2) is 8.17. The third-order valence-corrected chi connectivity index (χ3v) is 5.42. The number of benzene rings is 2. The van der Waals surface area contributed by atoms with Crippen LogP contribution in [-0.4, -0.2) is 16.0 Å². The molecular formula is C21H14ClN3O4S. The number of hydrogen-bond donors (Lipinski definition) is 1. The number of rotatable bonds is 4. The van der Waals surface area contributed by atoms with E-state index in [1.165, 1.54) is 23.9 Å². The van der Waals surface area contributed by atoms with Crippen LogP contribution in [0.2, 0.25) is 5.02 Å². The van der Waals surface area contributed by atoms with Crippen LogP contribution >= 0.6 is 23.4 Å². The standard InChI is InChI=1S/C21H14ClN3O4S/c1-12-9-14(22)5-7-17(12)23-21-24-20(26)19(30-21)11-16-6-8-18(29-16)13-3-2-4-15(10-13)25(27)28/h2-11H,1H3,(H,23,24,26)/b19-11-. The molecule has 0 radical (unpaired) electrons. The minimum atomic E-state index is -0.460. The number of furan rings is 1. The molecule has 9 heteroatoms. The van der Waals surface area contributed by atoms with Crippen LogP contribution in [0, 0.1) is 17.0 Å². The number of non-ortho nitro benzene ring substituents is 1. The molecule has 0 saturated carbocycles. The molecular weight excluding hydrogens is 426 g/mol. The lowest BCUT2D eigenvalue weighted by atomic mass is 10.1. The van der Waals surface area contributed by atoms with Crippen LogP contribution in [0.3, 0.4) is 0 Å². The van der Waals surface area contributed by atoms with Crippen molar-refractivity contribution in [3.63, 3.8) is 0 Å². The van der Waals surface area contributed by atoms with Crippen LogP contribution in [0.15, 0.2) is 68.9 Å². The summed E-state index contributed by atoms with van der Waals surface area (Å²) in [6.07, 6.45) is 1.61. The van der Waals surface area contributed by atoms with Gasteiger partial charge in [-0.1, -0.05) is 23.7 Å². The van der Waals surface area contributed by atoms with Crippen molar-refractivity contribution in [3.8, 4) is 11.3 Å². The molecule has 1 aliphatic heterocycles. The van der Waals surface area contributed by atoms with Crippen molar-refractivity contribution in [1.82, 2.24) is 5.32 Å². The van der Waals surface area contributed by atoms with Crippen molar-refractivity contribution < 1.29 is 14.1 Å². The Kier molecular flexibility index (Phi) is 5.43. The number of nitro groups is 1. The quantitative estimate of drug-likeness (QED) is 0.319. The average molecular weight is 440 g/mol. The van der Waals surface area contributed by atoms with Gasteiger partial charge in [-0.15, -0.1) is 0 Å². The lowest BCUT2D eigenvalue weighted by molar-refractivity contribution is -0.384. The highest BCUT2D eigenvalue weighted by Crippen LogP contribution is 2.32. The predicted octanol–water partition coefficient (Wildman–Crippen LogP) is 5.71. The normalized spacial score (nSPS) is 16.3. The van der Waals surface area contributed by atoms with Gasteiger partial charge in [-0.25, -0.2) is 4.99 Å². The second-order valence-electron chi connectivity index (χ2n) is 6.42. The number of carbonyl (C=O) groups excluding carboxylic acids is 1. The monoisotopic (exact) mass is 439 g/mol. The summed E-state index contributed by atoms with van der Waals surface area (Å²) in [6.45, 7) is 1.89. The van der Waals surface area contributed by atoms with Gasteiger partial charge in [-0.05, 0) is 54.6 Å². The smallest absolute Gasteiger partial charge is 0.270 e. The van der Waals surface area contributed by atoms with Crippen molar-refractivity contribution in [2.45, 2.75) is 6.92 Å². The fraction of sp³-hybridized carbons (Fsp3) is 0.0476. The number of aliphatic imine (C=N–C) groups is 1. The zero-order chi connectivity index (χ0) is 21.3. The van der Waals surface area contributed by atoms with Gasteiger partial charge in [0.2, 0.25) is 0 Å². The van der Waals surface area contributed by atoms with E-state index < -0.39 is 4.92 Å². The van der Waals surface area contributed by atoms with E-state index in [9.17, 15) is 14.9 Å². The van der Waals surface area contributed by atoms with Gasteiger partial charge in [0.1, 0.15) is 11.5 Å². The third-order valence-electron chi connectivity index (χ3n) is 4.27. The lowest BCUT2D eigenvalue weighted by Gasteiger charge is -2.01. The van der Waals surface area contributed by atoms with E-state index in [-0.39, 0.29) is 11.6 Å². The van der Waals surface area contributed by atoms with E-state index in [1.54, 1.807) is 48.5 Å². The van der Waals surface area contributed by atoms with Gasteiger partial charge in [0.15, 0.2) is 5.17 Å². The topological polar surface area (TPSA) is 97.7 Å². The minimum absolute atomic E-state index is 0.0205. The third kappa shape index (κ3) is 4.29. The van der Waals surface area contributed by atoms with Gasteiger partial charge >= 0.3 is 0 Å². The number of halogens is 1. The molecule has 3 aromatic rings. The van der Waals surface area contributed by atoms with Gasteiger partial charge in [0.05, 0.1) is 15.5 Å². The Morgan fingerprint density at radius 1 is 1.20 bits per heavy atom. The maximum atomic E-state index is 12.3. The fourth-order valence-electron chi connectivity index (χ4n) is 2.82. The summed E-state index contributed by atoms with van der Waals surface area (Å²) in [7, 11) is 0. The molecule has 7 nitrogen and oxygen atoms in total. The Hall–Kier alpha value is -3.36. The van der Waals surface area contributed by atoms with Crippen LogP contribution in [-0.2, 0) is 4.79 Å². The SMILES string of the molecule is Cc1cc(Cl)ccc1N=C1NC(=O)/C(=C/c2ccc(-c3cccc([N+](=O)[O-])c3)o2)S1.